The van der Waals surface area contributed by atoms with Gasteiger partial charge in [0.2, 0.25) is 0 Å². The molecular weight excluding hydrogens is 281 g/mol. The fraction of sp³-hybridized carbons (Fsp3) is 0.667. The van der Waals surface area contributed by atoms with Crippen molar-refractivity contribution in [3.63, 3.8) is 0 Å². The molecule has 1 aliphatic heterocycles. The van der Waals surface area contributed by atoms with Gasteiger partial charge in [0, 0.05) is 19.3 Å². The summed E-state index contributed by atoms with van der Waals surface area (Å²) >= 11 is 0. The van der Waals surface area contributed by atoms with E-state index in [1.54, 1.807) is 0 Å². The van der Waals surface area contributed by atoms with Gasteiger partial charge in [-0.2, -0.15) is 0 Å². The molecule has 3 nitrogen and oxygen atoms in total. The molecule has 0 bridgehead atoms. The lowest BCUT2D eigenvalue weighted by Gasteiger charge is -2.35. The second kappa shape index (κ2) is 9.11. The third kappa shape index (κ3) is 4.68. The van der Waals surface area contributed by atoms with Gasteiger partial charge in [0.25, 0.3) is 0 Å². The van der Waals surface area contributed by atoms with E-state index in [9.17, 15) is 4.39 Å². The number of halogens is 1. The Kier molecular flexibility index (Phi) is 7.13. The monoisotopic (exact) mass is 309 g/mol. The number of piperidine rings is 1. The van der Waals surface area contributed by atoms with Crippen molar-refractivity contribution in [1.82, 2.24) is 4.90 Å². The average molecular weight is 309 g/mol. The first-order valence-electron chi connectivity index (χ1n) is 8.41. The number of nitrogens with zero attached hydrogens (tertiary/aromatic N) is 1. The van der Waals surface area contributed by atoms with Crippen LogP contribution in [0.15, 0.2) is 18.2 Å². The molecule has 0 radical (unpaired) electrons. The van der Waals surface area contributed by atoms with Gasteiger partial charge in [-0.3, -0.25) is 4.90 Å². The maximum absolute atomic E-state index is 13.7. The minimum Gasteiger partial charge on any atom is -0.494 e. The molecule has 0 saturated carbocycles. The molecule has 4 heteroatoms. The highest BCUT2D eigenvalue weighted by molar-refractivity contribution is 5.32. The molecule has 0 N–H and O–H groups in total. The highest BCUT2D eigenvalue weighted by Gasteiger charge is 2.23. The van der Waals surface area contributed by atoms with E-state index in [1.807, 2.05) is 12.1 Å². The van der Waals surface area contributed by atoms with E-state index in [0.717, 1.165) is 44.7 Å². The van der Waals surface area contributed by atoms with E-state index < -0.39 is 0 Å². The standard InChI is InChI=1S/C18H28FNO2/c1-3-12-22-13-9-17(20-10-5-4-6-11-20)15-7-8-16(19)18(14-15)21-2/h7-8,14,17H,3-6,9-13H2,1-2H3. The quantitative estimate of drug-likeness (QED) is 0.673. The molecule has 0 amide bonds. The van der Waals surface area contributed by atoms with E-state index in [2.05, 4.69) is 11.8 Å². The van der Waals surface area contributed by atoms with Crippen molar-refractivity contribution in [3.8, 4) is 5.75 Å². The summed E-state index contributed by atoms with van der Waals surface area (Å²) in [5.74, 6) is 0.0277. The normalized spacial score (nSPS) is 17.4. The Labute approximate surface area is 133 Å². The molecule has 1 saturated heterocycles. The van der Waals surface area contributed by atoms with Crippen molar-refractivity contribution in [2.75, 3.05) is 33.4 Å². The maximum atomic E-state index is 13.7. The van der Waals surface area contributed by atoms with E-state index in [0.29, 0.717) is 5.75 Å². The molecule has 0 aromatic heterocycles. The molecule has 1 unspecified atom stereocenters. The summed E-state index contributed by atoms with van der Waals surface area (Å²) in [6.45, 7) is 5.89. The zero-order valence-corrected chi connectivity index (χ0v) is 13.8. The number of hydrogen-bond donors (Lipinski definition) is 0. The van der Waals surface area contributed by atoms with Crippen LogP contribution in [0, 0.1) is 5.82 Å². The van der Waals surface area contributed by atoms with E-state index in [-0.39, 0.29) is 11.9 Å². The van der Waals surface area contributed by atoms with Crippen LogP contribution in [-0.2, 0) is 4.74 Å². The Balaban J connectivity index is 2.11. The van der Waals surface area contributed by atoms with Gasteiger partial charge < -0.3 is 9.47 Å². The Bertz CT molecular complexity index is 447. The van der Waals surface area contributed by atoms with Gasteiger partial charge in [-0.15, -0.1) is 0 Å². The number of methoxy groups -OCH3 is 1. The van der Waals surface area contributed by atoms with Crippen molar-refractivity contribution in [3.05, 3.63) is 29.6 Å². The van der Waals surface area contributed by atoms with Crippen molar-refractivity contribution < 1.29 is 13.9 Å². The van der Waals surface area contributed by atoms with Gasteiger partial charge in [-0.25, -0.2) is 4.39 Å². The van der Waals surface area contributed by atoms with Gasteiger partial charge in [0.15, 0.2) is 11.6 Å². The Morgan fingerprint density at radius 3 is 2.64 bits per heavy atom. The van der Waals surface area contributed by atoms with Gasteiger partial charge >= 0.3 is 0 Å². The smallest absolute Gasteiger partial charge is 0.165 e. The first-order chi connectivity index (χ1) is 10.8. The van der Waals surface area contributed by atoms with Crippen LogP contribution in [0.4, 0.5) is 4.39 Å². The Morgan fingerprint density at radius 2 is 1.95 bits per heavy atom. The fourth-order valence-electron chi connectivity index (χ4n) is 3.12. The van der Waals surface area contributed by atoms with Crippen LogP contribution in [0.1, 0.15) is 50.6 Å². The average Bonchev–Trinajstić information content (AvgIpc) is 2.56. The number of likely N-dealkylation sites (tertiary alicyclic amines) is 1. The van der Waals surface area contributed by atoms with E-state index >= 15 is 0 Å². The zero-order valence-electron chi connectivity index (χ0n) is 13.8. The first kappa shape index (κ1) is 17.2. The molecule has 124 valence electrons. The lowest BCUT2D eigenvalue weighted by Crippen LogP contribution is -2.34. The highest BCUT2D eigenvalue weighted by atomic mass is 19.1. The second-order valence-corrected chi connectivity index (χ2v) is 5.91. The zero-order chi connectivity index (χ0) is 15.8. The molecule has 0 spiro atoms. The summed E-state index contributed by atoms with van der Waals surface area (Å²) in [7, 11) is 1.52. The van der Waals surface area contributed by atoms with Crippen LogP contribution in [-0.4, -0.2) is 38.3 Å². The van der Waals surface area contributed by atoms with Crippen molar-refractivity contribution in [1.29, 1.82) is 0 Å². The largest absolute Gasteiger partial charge is 0.494 e. The predicted octanol–water partition coefficient (Wildman–Crippen LogP) is 4.18. The Morgan fingerprint density at radius 1 is 1.18 bits per heavy atom. The third-order valence-corrected chi connectivity index (χ3v) is 4.28. The van der Waals surface area contributed by atoms with Crippen molar-refractivity contribution in [2.24, 2.45) is 0 Å². The summed E-state index contributed by atoms with van der Waals surface area (Å²) in [6.07, 6.45) is 5.77. The van der Waals surface area contributed by atoms with Crippen LogP contribution in [0.25, 0.3) is 0 Å². The summed E-state index contributed by atoms with van der Waals surface area (Å²) in [4.78, 5) is 2.51. The minimum absolute atomic E-state index is 0.284. The topological polar surface area (TPSA) is 21.7 Å². The summed E-state index contributed by atoms with van der Waals surface area (Å²) in [6, 6.07) is 5.52. The van der Waals surface area contributed by atoms with Crippen LogP contribution >= 0.6 is 0 Å². The molecular formula is C18H28FNO2. The summed E-state index contributed by atoms with van der Waals surface area (Å²) < 4.78 is 24.5. The number of hydrogen-bond acceptors (Lipinski definition) is 3. The SMILES string of the molecule is CCCOCCC(c1ccc(F)c(OC)c1)N1CCCCC1. The van der Waals surface area contributed by atoms with E-state index in [4.69, 9.17) is 9.47 Å². The van der Waals surface area contributed by atoms with Crippen LogP contribution in [0.2, 0.25) is 0 Å². The first-order valence-corrected chi connectivity index (χ1v) is 8.41. The molecule has 22 heavy (non-hydrogen) atoms. The lowest BCUT2D eigenvalue weighted by atomic mass is 9.99. The van der Waals surface area contributed by atoms with Gasteiger partial charge in [-0.05, 0) is 56.5 Å². The molecule has 1 aromatic rings. The molecule has 2 rings (SSSR count). The Hall–Kier alpha value is -1.13. The second-order valence-electron chi connectivity index (χ2n) is 5.91. The van der Waals surface area contributed by atoms with Crippen molar-refractivity contribution in [2.45, 2.75) is 45.1 Å². The molecule has 1 atom stereocenters. The minimum atomic E-state index is -0.300. The molecule has 1 aromatic carbocycles. The summed E-state index contributed by atoms with van der Waals surface area (Å²) in [5.41, 5.74) is 1.13. The predicted molar refractivity (Wildman–Crippen MR) is 86.8 cm³/mol. The lowest BCUT2D eigenvalue weighted by molar-refractivity contribution is 0.0883. The van der Waals surface area contributed by atoms with Crippen molar-refractivity contribution >= 4 is 0 Å². The molecule has 1 fully saturated rings. The van der Waals surface area contributed by atoms with Gasteiger partial charge in [0.1, 0.15) is 0 Å². The van der Waals surface area contributed by atoms with Crippen LogP contribution in [0.3, 0.4) is 0 Å². The maximum Gasteiger partial charge on any atom is 0.165 e. The summed E-state index contributed by atoms with van der Waals surface area (Å²) in [5, 5.41) is 0. The van der Waals surface area contributed by atoms with Crippen LogP contribution in [0.5, 0.6) is 5.75 Å². The highest BCUT2D eigenvalue weighted by Crippen LogP contribution is 2.31. The fourth-order valence-corrected chi connectivity index (χ4v) is 3.12. The van der Waals surface area contributed by atoms with E-state index in [1.165, 1.54) is 32.4 Å². The van der Waals surface area contributed by atoms with Gasteiger partial charge in [-0.1, -0.05) is 19.4 Å². The van der Waals surface area contributed by atoms with Crippen LogP contribution < -0.4 is 4.74 Å². The molecule has 1 aliphatic rings. The number of rotatable bonds is 8. The van der Waals surface area contributed by atoms with Gasteiger partial charge in [0.05, 0.1) is 7.11 Å². The third-order valence-electron chi connectivity index (χ3n) is 4.28. The number of benzene rings is 1. The molecule has 1 heterocycles. The molecule has 0 aliphatic carbocycles. The number of ether oxygens (including phenoxy) is 2.